The number of carbonyl (C=O) groups excluding carboxylic acids is 2. The predicted molar refractivity (Wildman–Crippen MR) is 109 cm³/mol. The highest BCUT2D eigenvalue weighted by atomic mass is 16.5. The van der Waals surface area contributed by atoms with E-state index in [1.807, 2.05) is 13.8 Å². The number of ether oxygens (including phenoxy) is 1. The summed E-state index contributed by atoms with van der Waals surface area (Å²) in [6.07, 6.45) is 2.02. The normalized spacial score (nSPS) is 29.2. The first-order valence-electron chi connectivity index (χ1n) is 10.5. The molecule has 0 bridgehead atoms. The molecule has 0 saturated carbocycles. The fraction of sp³-hybridized carbons (Fsp3) is 0.591. The van der Waals surface area contributed by atoms with Crippen molar-refractivity contribution in [3.8, 4) is 11.5 Å². The van der Waals surface area contributed by atoms with Crippen LogP contribution in [-0.2, 0) is 14.4 Å². The fourth-order valence-corrected chi connectivity index (χ4v) is 4.89. The molecule has 1 aromatic rings. The van der Waals surface area contributed by atoms with Gasteiger partial charge in [0.25, 0.3) is 0 Å². The van der Waals surface area contributed by atoms with Crippen LogP contribution in [0.5, 0.6) is 11.5 Å². The summed E-state index contributed by atoms with van der Waals surface area (Å²) in [7, 11) is 1.42. The van der Waals surface area contributed by atoms with Crippen molar-refractivity contribution < 1.29 is 29.3 Å². The molecular formula is C22H30N2O6. The van der Waals surface area contributed by atoms with Crippen molar-refractivity contribution in [2.45, 2.75) is 51.6 Å². The number of unbranched alkanes of at least 4 members (excludes halogenated alkanes) is 1. The minimum Gasteiger partial charge on any atom is -0.504 e. The van der Waals surface area contributed by atoms with Gasteiger partial charge in [0.2, 0.25) is 11.8 Å². The standard InChI is InChI=1S/C22H30N2O6/c1-5-7-10-24-19(26)16-17(20(24)27)22(21(28)29,12(3)6-2)23-18(16)13-8-9-14(25)15(11-13)30-4/h8-9,11-12,16-18,23,25H,5-7,10H2,1-4H3,(H,28,29). The largest absolute Gasteiger partial charge is 0.504 e. The van der Waals surface area contributed by atoms with Gasteiger partial charge in [-0.05, 0) is 30.0 Å². The van der Waals surface area contributed by atoms with Crippen molar-refractivity contribution in [2.24, 2.45) is 17.8 Å². The zero-order chi connectivity index (χ0) is 22.2. The van der Waals surface area contributed by atoms with Gasteiger partial charge in [0.1, 0.15) is 5.54 Å². The van der Waals surface area contributed by atoms with Crippen LogP contribution in [0, 0.1) is 17.8 Å². The highest BCUT2D eigenvalue weighted by Gasteiger charge is 2.69. The number of carboxylic acid groups (broad SMARTS) is 1. The van der Waals surface area contributed by atoms with Crippen LogP contribution >= 0.6 is 0 Å². The molecule has 8 heteroatoms. The molecule has 2 aliphatic heterocycles. The lowest BCUT2D eigenvalue weighted by atomic mass is 9.72. The van der Waals surface area contributed by atoms with Gasteiger partial charge in [-0.3, -0.25) is 24.6 Å². The Bertz CT molecular complexity index is 856. The van der Waals surface area contributed by atoms with Gasteiger partial charge in [-0.1, -0.05) is 39.7 Å². The number of rotatable bonds is 8. The Labute approximate surface area is 176 Å². The molecule has 2 amide bonds. The second-order valence-electron chi connectivity index (χ2n) is 8.22. The molecule has 2 saturated heterocycles. The predicted octanol–water partition coefficient (Wildman–Crippen LogP) is 2.32. The molecule has 5 unspecified atom stereocenters. The molecule has 3 N–H and O–H groups in total. The topological polar surface area (TPSA) is 116 Å². The number of hydrogen-bond acceptors (Lipinski definition) is 6. The Morgan fingerprint density at radius 3 is 2.57 bits per heavy atom. The van der Waals surface area contributed by atoms with Gasteiger partial charge in [0.15, 0.2) is 11.5 Å². The summed E-state index contributed by atoms with van der Waals surface area (Å²) in [6, 6.07) is 3.99. The third-order valence-corrected chi connectivity index (χ3v) is 6.73. The van der Waals surface area contributed by atoms with Crippen molar-refractivity contribution in [1.82, 2.24) is 10.2 Å². The number of imide groups is 1. The van der Waals surface area contributed by atoms with E-state index in [2.05, 4.69) is 5.32 Å². The van der Waals surface area contributed by atoms with E-state index in [1.165, 1.54) is 18.1 Å². The SMILES string of the molecule is CCCCN1C(=O)C2C(c3ccc(O)c(OC)c3)NC(C(=O)O)(C(C)CC)C2C1=O. The molecular weight excluding hydrogens is 388 g/mol. The monoisotopic (exact) mass is 418 g/mol. The minimum atomic E-state index is -1.55. The van der Waals surface area contributed by atoms with Crippen LogP contribution < -0.4 is 10.1 Å². The fourth-order valence-electron chi connectivity index (χ4n) is 4.89. The summed E-state index contributed by atoms with van der Waals surface area (Å²) in [4.78, 5) is 40.5. The number of aromatic hydroxyl groups is 1. The maximum absolute atomic E-state index is 13.3. The summed E-state index contributed by atoms with van der Waals surface area (Å²) >= 11 is 0. The summed E-state index contributed by atoms with van der Waals surface area (Å²) in [6.45, 7) is 5.94. The molecule has 0 aliphatic carbocycles. The number of amides is 2. The van der Waals surface area contributed by atoms with E-state index in [9.17, 15) is 24.6 Å². The number of nitrogens with one attached hydrogen (secondary N) is 1. The molecule has 0 aromatic heterocycles. The van der Waals surface area contributed by atoms with Gasteiger partial charge >= 0.3 is 5.97 Å². The Morgan fingerprint density at radius 2 is 2.00 bits per heavy atom. The lowest BCUT2D eigenvalue weighted by molar-refractivity contribution is -0.154. The molecule has 8 nitrogen and oxygen atoms in total. The number of phenols is 1. The number of carboxylic acids is 1. The van der Waals surface area contributed by atoms with Crippen molar-refractivity contribution in [3.05, 3.63) is 23.8 Å². The molecule has 5 atom stereocenters. The molecule has 2 heterocycles. The molecule has 30 heavy (non-hydrogen) atoms. The maximum Gasteiger partial charge on any atom is 0.325 e. The zero-order valence-electron chi connectivity index (χ0n) is 17.8. The van der Waals surface area contributed by atoms with Crippen LogP contribution in [0.1, 0.15) is 51.6 Å². The number of hydrogen-bond donors (Lipinski definition) is 3. The summed E-state index contributed by atoms with van der Waals surface area (Å²) < 4.78 is 5.19. The van der Waals surface area contributed by atoms with E-state index < -0.39 is 35.3 Å². The molecule has 164 valence electrons. The van der Waals surface area contributed by atoms with Crippen LogP contribution in [0.15, 0.2) is 18.2 Å². The number of methoxy groups -OCH3 is 1. The van der Waals surface area contributed by atoms with Gasteiger partial charge in [-0.25, -0.2) is 0 Å². The third kappa shape index (κ3) is 3.14. The minimum absolute atomic E-state index is 0.0550. The number of aliphatic carboxylic acids is 1. The van der Waals surface area contributed by atoms with Gasteiger partial charge in [-0.2, -0.15) is 0 Å². The molecule has 3 rings (SSSR count). The molecule has 1 aromatic carbocycles. The Kier molecular flexibility index (Phi) is 6.08. The molecule has 0 spiro atoms. The van der Waals surface area contributed by atoms with Gasteiger partial charge in [0, 0.05) is 12.6 Å². The van der Waals surface area contributed by atoms with Crippen LogP contribution in [0.3, 0.4) is 0 Å². The quantitative estimate of drug-likeness (QED) is 0.555. The lowest BCUT2D eigenvalue weighted by Gasteiger charge is -2.36. The third-order valence-electron chi connectivity index (χ3n) is 6.73. The zero-order valence-corrected chi connectivity index (χ0v) is 17.8. The number of benzene rings is 1. The summed E-state index contributed by atoms with van der Waals surface area (Å²) in [5.41, 5.74) is -0.951. The van der Waals surface area contributed by atoms with Crippen LogP contribution in [-0.4, -0.2) is 52.1 Å². The van der Waals surface area contributed by atoms with Crippen LogP contribution in [0.25, 0.3) is 0 Å². The molecule has 0 radical (unpaired) electrons. The van der Waals surface area contributed by atoms with E-state index in [4.69, 9.17) is 4.74 Å². The van der Waals surface area contributed by atoms with E-state index in [0.29, 0.717) is 24.9 Å². The van der Waals surface area contributed by atoms with Crippen LogP contribution in [0.4, 0.5) is 0 Å². The average molecular weight is 418 g/mol. The van der Waals surface area contributed by atoms with Crippen molar-refractivity contribution in [3.63, 3.8) is 0 Å². The Morgan fingerprint density at radius 1 is 1.30 bits per heavy atom. The second kappa shape index (κ2) is 8.26. The molecule has 2 fully saturated rings. The average Bonchev–Trinajstić information content (AvgIpc) is 3.21. The summed E-state index contributed by atoms with van der Waals surface area (Å²) in [5.74, 6) is -3.90. The van der Waals surface area contributed by atoms with E-state index in [-0.39, 0.29) is 23.3 Å². The van der Waals surface area contributed by atoms with E-state index in [0.717, 1.165) is 6.42 Å². The lowest BCUT2D eigenvalue weighted by Crippen LogP contribution is -2.59. The first-order chi connectivity index (χ1) is 14.2. The maximum atomic E-state index is 13.3. The van der Waals surface area contributed by atoms with Crippen molar-refractivity contribution in [2.75, 3.05) is 13.7 Å². The highest BCUT2D eigenvalue weighted by molar-refractivity contribution is 6.09. The number of nitrogens with zero attached hydrogens (tertiary/aromatic N) is 1. The smallest absolute Gasteiger partial charge is 0.325 e. The highest BCUT2D eigenvalue weighted by Crippen LogP contribution is 2.52. The number of likely N-dealkylation sites (tertiary alicyclic amines) is 1. The first-order valence-corrected chi connectivity index (χ1v) is 10.5. The second-order valence-corrected chi connectivity index (χ2v) is 8.22. The summed E-state index contributed by atoms with van der Waals surface area (Å²) in [5, 5.41) is 23.4. The van der Waals surface area contributed by atoms with Crippen LogP contribution in [0.2, 0.25) is 0 Å². The number of fused-ring (bicyclic) bond motifs is 1. The van der Waals surface area contributed by atoms with E-state index in [1.54, 1.807) is 19.1 Å². The van der Waals surface area contributed by atoms with E-state index >= 15 is 0 Å². The van der Waals surface area contributed by atoms with Gasteiger partial charge < -0.3 is 14.9 Å². The first kappa shape index (κ1) is 22.1. The van der Waals surface area contributed by atoms with Gasteiger partial charge in [0.05, 0.1) is 18.9 Å². The van der Waals surface area contributed by atoms with Gasteiger partial charge in [-0.15, -0.1) is 0 Å². The number of phenolic OH excluding ortho intramolecular Hbond substituents is 1. The Hall–Kier alpha value is -2.61. The van der Waals surface area contributed by atoms with Crippen molar-refractivity contribution in [1.29, 1.82) is 0 Å². The number of carbonyl (C=O) groups is 3. The Balaban J connectivity index is 2.15. The van der Waals surface area contributed by atoms with Crippen molar-refractivity contribution >= 4 is 17.8 Å². The molecule has 2 aliphatic rings.